The van der Waals surface area contributed by atoms with E-state index in [1.165, 1.54) is 11.0 Å². The van der Waals surface area contributed by atoms with Gasteiger partial charge in [0.25, 0.3) is 0 Å². The van der Waals surface area contributed by atoms with Gasteiger partial charge in [-0.1, -0.05) is 18.0 Å². The van der Waals surface area contributed by atoms with Gasteiger partial charge in [-0.15, -0.1) is 25.7 Å². The molecule has 0 aromatic heterocycles. The van der Waals surface area contributed by atoms with Crippen molar-refractivity contribution in [3.05, 3.63) is 36.8 Å². The van der Waals surface area contributed by atoms with E-state index in [1.807, 2.05) is 17.7 Å². The molecule has 1 aliphatic rings. The van der Waals surface area contributed by atoms with Crippen molar-refractivity contribution >= 4 is 18.5 Å². The Hall–Kier alpha value is -0.435. The first kappa shape index (κ1) is 17.6. The molecular formula is C17H28BFS. The maximum absolute atomic E-state index is 14.1. The van der Waals surface area contributed by atoms with Gasteiger partial charge in [0.2, 0.25) is 0 Å². The van der Waals surface area contributed by atoms with Crippen LogP contribution < -0.4 is 0 Å². The van der Waals surface area contributed by atoms with Crippen molar-refractivity contribution in [1.82, 2.24) is 0 Å². The predicted molar refractivity (Wildman–Crippen MR) is 93.6 cm³/mol. The smallest absolute Gasteiger partial charge is 0.200 e. The Balaban J connectivity index is 2.85. The first-order chi connectivity index (χ1) is 9.30. The third-order valence-electron chi connectivity index (χ3n) is 4.82. The number of halogens is 1. The molecule has 0 aromatic rings. The summed E-state index contributed by atoms with van der Waals surface area (Å²) in [5.41, 5.74) is 1.44. The fourth-order valence-corrected chi connectivity index (χ4v) is 4.00. The van der Waals surface area contributed by atoms with Crippen molar-refractivity contribution in [2.75, 3.05) is 6.26 Å². The van der Waals surface area contributed by atoms with Gasteiger partial charge < -0.3 is 0 Å². The summed E-state index contributed by atoms with van der Waals surface area (Å²) in [6, 6.07) is 0. The lowest BCUT2D eigenvalue weighted by Gasteiger charge is -2.43. The summed E-state index contributed by atoms with van der Waals surface area (Å²) in [6.45, 7) is 16.6. The molecule has 3 heteroatoms. The van der Waals surface area contributed by atoms with E-state index in [0.29, 0.717) is 12.8 Å². The highest BCUT2D eigenvalue weighted by Crippen LogP contribution is 2.48. The van der Waals surface area contributed by atoms with Crippen LogP contribution in [0, 0.1) is 0 Å². The number of allylic oxidation sites excluding steroid dienone is 1. The molecule has 0 aliphatic heterocycles. The molecule has 1 rings (SSSR count). The Kier molecular flexibility index (Phi) is 6.18. The van der Waals surface area contributed by atoms with Crippen LogP contribution in [0.25, 0.3) is 0 Å². The molecule has 112 valence electrons. The molecule has 0 unspecified atom stereocenters. The second-order valence-corrected chi connectivity index (χ2v) is 7.48. The highest BCUT2D eigenvalue weighted by molar-refractivity contribution is 8.00. The van der Waals surface area contributed by atoms with E-state index in [-0.39, 0.29) is 11.5 Å². The maximum Gasteiger partial charge on any atom is 0.200 e. The van der Waals surface area contributed by atoms with Crippen LogP contribution in [0.1, 0.15) is 46.0 Å². The van der Waals surface area contributed by atoms with Gasteiger partial charge in [-0.2, -0.15) is 11.8 Å². The zero-order chi connectivity index (χ0) is 15.4. The number of thioether (sulfide) groups is 1. The SMILES string of the molecule is C=CB(CC(=C)CC)C(=C)C1(SC)CCC(C)(F)CC1. The number of hydrogen-bond donors (Lipinski definition) is 0. The number of rotatable bonds is 7. The minimum absolute atomic E-state index is 0.0124. The Labute approximate surface area is 129 Å². The van der Waals surface area contributed by atoms with Crippen molar-refractivity contribution in [1.29, 1.82) is 0 Å². The molecule has 1 fully saturated rings. The number of alkyl halides is 1. The molecule has 1 aliphatic carbocycles. The lowest BCUT2D eigenvalue weighted by atomic mass is 9.38. The van der Waals surface area contributed by atoms with E-state index in [2.05, 4.69) is 32.9 Å². The van der Waals surface area contributed by atoms with Crippen LogP contribution in [-0.4, -0.2) is 23.4 Å². The lowest BCUT2D eigenvalue weighted by molar-refractivity contribution is 0.121. The van der Waals surface area contributed by atoms with E-state index in [0.717, 1.165) is 25.6 Å². The summed E-state index contributed by atoms with van der Waals surface area (Å²) in [6.07, 6.45) is 7.06. The van der Waals surface area contributed by atoms with E-state index in [4.69, 9.17) is 0 Å². The van der Waals surface area contributed by atoms with Gasteiger partial charge in [0, 0.05) is 4.75 Å². The summed E-state index contributed by atoms with van der Waals surface area (Å²) in [5.74, 6) is 1.99. The van der Waals surface area contributed by atoms with Crippen molar-refractivity contribution in [2.45, 2.75) is 62.7 Å². The minimum Gasteiger partial charge on any atom is -0.244 e. The zero-order valence-corrected chi connectivity index (χ0v) is 14.1. The van der Waals surface area contributed by atoms with Crippen LogP contribution in [-0.2, 0) is 0 Å². The first-order valence-electron chi connectivity index (χ1n) is 7.53. The third kappa shape index (κ3) is 4.03. The zero-order valence-electron chi connectivity index (χ0n) is 13.3. The Morgan fingerprint density at radius 3 is 2.25 bits per heavy atom. The average Bonchev–Trinajstić information content (AvgIpc) is 2.44. The summed E-state index contributed by atoms with van der Waals surface area (Å²) in [7, 11) is 0. The molecule has 0 atom stereocenters. The van der Waals surface area contributed by atoms with Gasteiger partial charge in [0.1, 0.15) is 5.67 Å². The van der Waals surface area contributed by atoms with Gasteiger partial charge in [-0.25, -0.2) is 4.39 Å². The Morgan fingerprint density at radius 2 is 1.85 bits per heavy atom. The fourth-order valence-electron chi connectivity index (χ4n) is 2.97. The van der Waals surface area contributed by atoms with Crippen molar-refractivity contribution in [2.24, 2.45) is 0 Å². The lowest BCUT2D eigenvalue weighted by Crippen LogP contribution is -2.41. The molecule has 0 bridgehead atoms. The van der Waals surface area contributed by atoms with Crippen LogP contribution in [0.2, 0.25) is 6.32 Å². The van der Waals surface area contributed by atoms with Crippen LogP contribution in [0.5, 0.6) is 0 Å². The molecule has 0 radical (unpaired) electrons. The average molecular weight is 294 g/mol. The molecule has 0 N–H and O–H groups in total. The van der Waals surface area contributed by atoms with Gasteiger partial charge in [0.15, 0.2) is 6.71 Å². The quantitative estimate of drug-likeness (QED) is 0.430. The molecule has 1 saturated carbocycles. The predicted octanol–water partition coefficient (Wildman–Crippen LogP) is 5.67. The van der Waals surface area contributed by atoms with Crippen LogP contribution in [0.3, 0.4) is 0 Å². The minimum atomic E-state index is -1.00. The molecule has 0 saturated heterocycles. The van der Waals surface area contributed by atoms with Crippen molar-refractivity contribution < 1.29 is 4.39 Å². The second-order valence-electron chi connectivity index (χ2n) is 6.29. The monoisotopic (exact) mass is 294 g/mol. The van der Waals surface area contributed by atoms with Crippen LogP contribution in [0.15, 0.2) is 36.8 Å². The molecule has 20 heavy (non-hydrogen) atoms. The summed E-state index contributed by atoms with van der Waals surface area (Å²) >= 11 is 1.84. The standard InChI is InChI=1S/C17H28BFS/c1-7-14(3)13-18(8-2)15(4)17(20-6)11-9-16(5,19)10-12-17/h8H,2-4,7,9-13H2,1,5-6H3. The van der Waals surface area contributed by atoms with E-state index in [9.17, 15) is 4.39 Å². The molecule has 0 heterocycles. The second kappa shape index (κ2) is 7.02. The normalized spacial score (nSPS) is 29.8. The van der Waals surface area contributed by atoms with E-state index < -0.39 is 5.67 Å². The summed E-state index contributed by atoms with van der Waals surface area (Å²) in [5, 5.41) is 0. The maximum atomic E-state index is 14.1. The van der Waals surface area contributed by atoms with Gasteiger partial charge in [-0.05, 0) is 51.6 Å². The van der Waals surface area contributed by atoms with Gasteiger partial charge >= 0.3 is 0 Å². The van der Waals surface area contributed by atoms with Crippen LogP contribution in [0.4, 0.5) is 4.39 Å². The highest BCUT2D eigenvalue weighted by Gasteiger charge is 2.43. The summed E-state index contributed by atoms with van der Waals surface area (Å²) < 4.78 is 14.1. The van der Waals surface area contributed by atoms with Crippen LogP contribution >= 0.6 is 11.8 Å². The summed E-state index contributed by atoms with van der Waals surface area (Å²) in [4.78, 5) is 0. The molecule has 0 spiro atoms. The van der Waals surface area contributed by atoms with E-state index >= 15 is 0 Å². The van der Waals surface area contributed by atoms with Gasteiger partial charge in [-0.3, -0.25) is 0 Å². The van der Waals surface area contributed by atoms with Gasteiger partial charge in [0.05, 0.1) is 0 Å². The third-order valence-corrected chi connectivity index (χ3v) is 6.27. The molecule has 0 amide bonds. The molecular weight excluding hydrogens is 266 g/mol. The highest BCUT2D eigenvalue weighted by atomic mass is 32.2. The Bertz CT molecular complexity index is 376. The first-order valence-corrected chi connectivity index (χ1v) is 8.75. The topological polar surface area (TPSA) is 0 Å². The largest absolute Gasteiger partial charge is 0.244 e. The van der Waals surface area contributed by atoms with E-state index in [1.54, 1.807) is 6.92 Å². The fraction of sp³-hybridized carbons (Fsp3) is 0.647. The molecule has 0 aromatic carbocycles. The molecule has 0 nitrogen and oxygen atoms in total. The Morgan fingerprint density at radius 1 is 1.30 bits per heavy atom. The van der Waals surface area contributed by atoms with Crippen molar-refractivity contribution in [3.63, 3.8) is 0 Å². The van der Waals surface area contributed by atoms with Crippen molar-refractivity contribution in [3.8, 4) is 0 Å². The number of hydrogen-bond acceptors (Lipinski definition) is 1.